The van der Waals surface area contributed by atoms with Crippen LogP contribution in [0.2, 0.25) is 0 Å². The van der Waals surface area contributed by atoms with Crippen molar-refractivity contribution in [2.75, 3.05) is 11.1 Å². The van der Waals surface area contributed by atoms with Crippen molar-refractivity contribution < 1.29 is 14.7 Å². The number of carboxylic acid groups (broad SMARTS) is 1. The van der Waals surface area contributed by atoms with Crippen LogP contribution in [0.25, 0.3) is 0 Å². The molecule has 0 spiro atoms. The predicted molar refractivity (Wildman–Crippen MR) is 61.8 cm³/mol. The number of hydrogen-bond acceptors (Lipinski definition) is 6. The molecule has 0 aliphatic carbocycles. The zero-order valence-electron chi connectivity index (χ0n) is 8.60. The van der Waals surface area contributed by atoms with E-state index in [4.69, 9.17) is 5.11 Å². The fraction of sp³-hybridized carbons (Fsp3) is 0.500. The maximum Gasteiger partial charge on any atom is 0.313 e. The van der Waals surface area contributed by atoms with Crippen molar-refractivity contribution in [2.24, 2.45) is 0 Å². The van der Waals surface area contributed by atoms with E-state index in [-0.39, 0.29) is 11.7 Å². The smallest absolute Gasteiger partial charge is 0.313 e. The van der Waals surface area contributed by atoms with E-state index in [0.29, 0.717) is 15.9 Å². The van der Waals surface area contributed by atoms with Crippen LogP contribution in [0.3, 0.4) is 0 Å². The highest BCUT2D eigenvalue weighted by Crippen LogP contribution is 2.25. The van der Waals surface area contributed by atoms with Gasteiger partial charge in [-0.2, -0.15) is 0 Å². The number of anilines is 1. The standard InChI is InChI=1S/C8H11N3O3S2/c1-2-3-5(12)9-7-10-11-8(16-7)15-4-6(13)14/h2-4H2,1H3,(H,13,14)(H,9,10,12). The Hall–Kier alpha value is -1.15. The van der Waals surface area contributed by atoms with Crippen molar-refractivity contribution in [1.82, 2.24) is 10.2 Å². The van der Waals surface area contributed by atoms with Gasteiger partial charge in [-0.1, -0.05) is 30.0 Å². The highest BCUT2D eigenvalue weighted by Gasteiger charge is 2.09. The second kappa shape index (κ2) is 6.44. The third-order valence-electron chi connectivity index (χ3n) is 1.45. The summed E-state index contributed by atoms with van der Waals surface area (Å²) in [6.45, 7) is 1.91. The molecule has 0 aliphatic rings. The van der Waals surface area contributed by atoms with Gasteiger partial charge in [0.25, 0.3) is 0 Å². The molecular formula is C8H11N3O3S2. The van der Waals surface area contributed by atoms with Crippen LogP contribution in [0.5, 0.6) is 0 Å². The third kappa shape index (κ3) is 4.58. The maximum atomic E-state index is 11.2. The van der Waals surface area contributed by atoms with Gasteiger partial charge in [0.15, 0.2) is 4.34 Å². The minimum atomic E-state index is -0.906. The van der Waals surface area contributed by atoms with Gasteiger partial charge >= 0.3 is 5.97 Å². The Kier molecular flexibility index (Phi) is 5.20. The largest absolute Gasteiger partial charge is 0.481 e. The molecule has 0 bridgehead atoms. The van der Waals surface area contributed by atoms with Crippen molar-refractivity contribution in [3.63, 3.8) is 0 Å². The van der Waals surface area contributed by atoms with Crippen LogP contribution in [0, 0.1) is 0 Å². The Morgan fingerprint density at radius 3 is 2.88 bits per heavy atom. The Morgan fingerprint density at radius 2 is 2.25 bits per heavy atom. The summed E-state index contributed by atoms with van der Waals surface area (Å²) in [5.74, 6) is -1.07. The summed E-state index contributed by atoms with van der Waals surface area (Å²) < 4.78 is 0.536. The minimum Gasteiger partial charge on any atom is -0.481 e. The van der Waals surface area contributed by atoms with Gasteiger partial charge in [0, 0.05) is 6.42 Å². The summed E-state index contributed by atoms with van der Waals surface area (Å²) >= 11 is 2.26. The molecule has 0 saturated carbocycles. The number of carbonyl (C=O) groups excluding carboxylic acids is 1. The molecule has 16 heavy (non-hydrogen) atoms. The number of amides is 1. The molecule has 1 rings (SSSR count). The summed E-state index contributed by atoms with van der Waals surface area (Å²) in [5.41, 5.74) is 0. The van der Waals surface area contributed by atoms with Crippen LogP contribution in [0.1, 0.15) is 19.8 Å². The van der Waals surface area contributed by atoms with E-state index in [1.165, 1.54) is 11.3 Å². The van der Waals surface area contributed by atoms with Gasteiger partial charge in [-0.25, -0.2) is 0 Å². The van der Waals surface area contributed by atoms with E-state index < -0.39 is 5.97 Å². The number of rotatable bonds is 6. The van der Waals surface area contributed by atoms with Crippen molar-refractivity contribution in [3.8, 4) is 0 Å². The molecule has 2 N–H and O–H groups in total. The van der Waals surface area contributed by atoms with Gasteiger partial charge < -0.3 is 10.4 Å². The molecule has 0 radical (unpaired) electrons. The second-order valence-corrected chi connectivity index (χ2v) is 5.05. The number of carbonyl (C=O) groups is 2. The molecule has 88 valence electrons. The van der Waals surface area contributed by atoms with E-state index in [0.717, 1.165) is 18.2 Å². The van der Waals surface area contributed by atoms with E-state index in [9.17, 15) is 9.59 Å². The lowest BCUT2D eigenvalue weighted by molar-refractivity contribution is -0.133. The normalized spacial score (nSPS) is 10.1. The number of thioether (sulfide) groups is 1. The summed E-state index contributed by atoms with van der Waals surface area (Å²) in [6, 6.07) is 0. The van der Waals surface area contributed by atoms with Crippen molar-refractivity contribution in [3.05, 3.63) is 0 Å². The van der Waals surface area contributed by atoms with E-state index in [1.807, 2.05) is 6.92 Å². The molecular weight excluding hydrogens is 250 g/mol. The SMILES string of the molecule is CCCC(=O)Nc1nnc(SCC(=O)O)s1. The van der Waals surface area contributed by atoms with Gasteiger partial charge in [0.2, 0.25) is 11.0 Å². The van der Waals surface area contributed by atoms with Crippen LogP contribution in [0.4, 0.5) is 5.13 Å². The number of nitrogens with zero attached hydrogens (tertiary/aromatic N) is 2. The number of nitrogens with one attached hydrogen (secondary N) is 1. The van der Waals surface area contributed by atoms with E-state index in [2.05, 4.69) is 15.5 Å². The first kappa shape index (κ1) is 12.9. The van der Waals surface area contributed by atoms with Gasteiger partial charge in [-0.05, 0) is 6.42 Å². The molecule has 0 atom stereocenters. The molecule has 0 fully saturated rings. The average molecular weight is 261 g/mol. The van der Waals surface area contributed by atoms with Crippen molar-refractivity contribution in [1.29, 1.82) is 0 Å². The number of carboxylic acids is 1. The first-order valence-corrected chi connectivity index (χ1v) is 6.40. The number of hydrogen-bond donors (Lipinski definition) is 2. The molecule has 0 aliphatic heterocycles. The molecule has 0 aromatic carbocycles. The fourth-order valence-corrected chi connectivity index (χ4v) is 2.34. The predicted octanol–water partition coefficient (Wildman–Crippen LogP) is 1.45. The lowest BCUT2D eigenvalue weighted by Gasteiger charge is -1.96. The van der Waals surface area contributed by atoms with Crippen LogP contribution in [0.15, 0.2) is 4.34 Å². The molecule has 1 heterocycles. The summed E-state index contributed by atoms with van der Waals surface area (Å²) in [4.78, 5) is 21.5. The summed E-state index contributed by atoms with van der Waals surface area (Å²) in [6.07, 6.45) is 1.21. The summed E-state index contributed by atoms with van der Waals surface area (Å²) in [7, 11) is 0. The molecule has 6 nitrogen and oxygen atoms in total. The van der Waals surface area contributed by atoms with Crippen molar-refractivity contribution in [2.45, 2.75) is 24.1 Å². The Labute approximate surface area is 100 Å². The average Bonchev–Trinajstić information content (AvgIpc) is 2.63. The molecule has 1 aromatic rings. The number of aromatic nitrogens is 2. The first-order chi connectivity index (χ1) is 7.61. The Bertz CT molecular complexity index is 380. The van der Waals surface area contributed by atoms with Crippen molar-refractivity contribution >= 4 is 40.1 Å². The topological polar surface area (TPSA) is 92.2 Å². The minimum absolute atomic E-state index is 0.0580. The van der Waals surface area contributed by atoms with E-state index in [1.54, 1.807) is 0 Å². The van der Waals surface area contributed by atoms with Gasteiger partial charge in [0.05, 0.1) is 5.75 Å². The van der Waals surface area contributed by atoms with Gasteiger partial charge in [-0.15, -0.1) is 10.2 Å². The number of aliphatic carboxylic acids is 1. The quantitative estimate of drug-likeness (QED) is 0.595. The monoisotopic (exact) mass is 261 g/mol. The molecule has 0 saturated heterocycles. The van der Waals surface area contributed by atoms with Crippen LogP contribution in [-0.4, -0.2) is 32.9 Å². The van der Waals surface area contributed by atoms with Crippen LogP contribution in [-0.2, 0) is 9.59 Å². The molecule has 1 amide bonds. The third-order valence-corrected chi connectivity index (χ3v) is 3.41. The van der Waals surface area contributed by atoms with Crippen LogP contribution >= 0.6 is 23.1 Å². The maximum absolute atomic E-state index is 11.2. The zero-order valence-corrected chi connectivity index (χ0v) is 10.2. The van der Waals surface area contributed by atoms with Gasteiger partial charge in [-0.3, -0.25) is 9.59 Å². The summed E-state index contributed by atoms with van der Waals surface area (Å²) in [5, 5.41) is 19.0. The Morgan fingerprint density at radius 1 is 1.50 bits per heavy atom. The lowest BCUT2D eigenvalue weighted by Crippen LogP contribution is -2.10. The lowest BCUT2D eigenvalue weighted by atomic mass is 10.3. The molecule has 8 heteroatoms. The highest BCUT2D eigenvalue weighted by atomic mass is 32.2. The zero-order chi connectivity index (χ0) is 12.0. The van der Waals surface area contributed by atoms with Crippen LogP contribution < -0.4 is 5.32 Å². The molecule has 1 aromatic heterocycles. The fourth-order valence-electron chi connectivity index (χ4n) is 0.851. The highest BCUT2D eigenvalue weighted by molar-refractivity contribution is 8.01. The molecule has 0 unspecified atom stereocenters. The Balaban J connectivity index is 2.45. The first-order valence-electron chi connectivity index (χ1n) is 4.59. The van der Waals surface area contributed by atoms with Gasteiger partial charge in [0.1, 0.15) is 0 Å². The van der Waals surface area contributed by atoms with E-state index >= 15 is 0 Å². The second-order valence-electron chi connectivity index (χ2n) is 2.85.